The van der Waals surface area contributed by atoms with Crippen LogP contribution in [-0.2, 0) is 9.53 Å². The molecule has 1 aromatic carbocycles. The summed E-state index contributed by atoms with van der Waals surface area (Å²) < 4.78 is 10.5. The molecule has 1 unspecified atom stereocenters. The number of carboxylic acids is 1. The smallest absolute Gasteiger partial charge is 0.329 e. The van der Waals surface area contributed by atoms with Gasteiger partial charge in [-0.2, -0.15) is 0 Å². The molecular weight excluding hydrogens is 270 g/mol. The number of hydrogen-bond acceptors (Lipinski definition) is 4. The lowest BCUT2D eigenvalue weighted by atomic mass is 10.0. The van der Waals surface area contributed by atoms with Gasteiger partial charge in [0.1, 0.15) is 12.4 Å². The monoisotopic (exact) mass is 293 g/mol. The van der Waals surface area contributed by atoms with E-state index in [4.69, 9.17) is 14.6 Å². The predicted molar refractivity (Wildman–Crippen MR) is 79.6 cm³/mol. The average molecular weight is 293 g/mol. The molecule has 1 atom stereocenters. The van der Waals surface area contributed by atoms with Gasteiger partial charge in [-0.1, -0.05) is 12.1 Å². The number of piperidine rings is 1. The minimum atomic E-state index is -0.899. The van der Waals surface area contributed by atoms with Gasteiger partial charge in [0, 0.05) is 19.1 Å². The lowest BCUT2D eigenvalue weighted by molar-refractivity contribution is -0.145. The quantitative estimate of drug-likeness (QED) is 0.872. The molecule has 0 radical (unpaired) electrons. The van der Waals surface area contributed by atoms with Crippen molar-refractivity contribution in [3.8, 4) is 5.75 Å². The summed E-state index contributed by atoms with van der Waals surface area (Å²) in [4.78, 5) is 12.9. The van der Waals surface area contributed by atoms with Gasteiger partial charge in [0.05, 0.1) is 13.2 Å². The Balaban J connectivity index is 1.84. The SMILES string of the molecule is COc1ccc(C(C)N2CCC(OCC(=O)O)CC2)cc1. The van der Waals surface area contributed by atoms with Crippen LogP contribution in [0.1, 0.15) is 31.4 Å². The minimum absolute atomic E-state index is 0.0698. The number of rotatable bonds is 6. The molecule has 0 amide bonds. The van der Waals surface area contributed by atoms with E-state index in [1.54, 1.807) is 7.11 Å². The molecule has 1 aliphatic rings. The summed E-state index contributed by atoms with van der Waals surface area (Å²) >= 11 is 0. The van der Waals surface area contributed by atoms with Crippen molar-refractivity contribution in [3.63, 3.8) is 0 Å². The topological polar surface area (TPSA) is 59.0 Å². The predicted octanol–water partition coefficient (Wildman–Crippen LogP) is 2.32. The van der Waals surface area contributed by atoms with E-state index in [1.807, 2.05) is 12.1 Å². The highest BCUT2D eigenvalue weighted by Crippen LogP contribution is 2.26. The van der Waals surface area contributed by atoms with E-state index < -0.39 is 5.97 Å². The first-order valence-electron chi connectivity index (χ1n) is 7.31. The third-order valence-electron chi connectivity index (χ3n) is 4.07. The Morgan fingerprint density at radius 1 is 1.33 bits per heavy atom. The number of ether oxygens (including phenoxy) is 2. The van der Waals surface area contributed by atoms with Crippen LogP contribution in [0.25, 0.3) is 0 Å². The second-order valence-corrected chi connectivity index (χ2v) is 5.39. The van der Waals surface area contributed by atoms with Crippen molar-refractivity contribution in [2.75, 3.05) is 26.8 Å². The number of nitrogens with zero attached hydrogens (tertiary/aromatic N) is 1. The standard InChI is InChI=1S/C16H23NO4/c1-12(13-3-5-14(20-2)6-4-13)17-9-7-15(8-10-17)21-11-16(18)19/h3-6,12,15H,7-11H2,1-2H3,(H,18,19). The van der Waals surface area contributed by atoms with Crippen LogP contribution in [-0.4, -0.2) is 48.9 Å². The van der Waals surface area contributed by atoms with E-state index in [9.17, 15) is 4.79 Å². The van der Waals surface area contributed by atoms with E-state index in [0.717, 1.165) is 31.7 Å². The molecule has 1 aromatic rings. The first-order valence-corrected chi connectivity index (χ1v) is 7.31. The van der Waals surface area contributed by atoms with Gasteiger partial charge in [-0.25, -0.2) is 4.79 Å². The molecule has 1 heterocycles. The Bertz CT molecular complexity index is 452. The summed E-state index contributed by atoms with van der Waals surface area (Å²) in [6.45, 7) is 3.86. The van der Waals surface area contributed by atoms with Gasteiger partial charge >= 0.3 is 5.97 Å². The summed E-state index contributed by atoms with van der Waals surface area (Å²) in [6.07, 6.45) is 1.84. The van der Waals surface area contributed by atoms with E-state index in [0.29, 0.717) is 6.04 Å². The molecule has 1 N–H and O–H groups in total. The number of likely N-dealkylation sites (tertiary alicyclic amines) is 1. The molecule has 5 heteroatoms. The zero-order chi connectivity index (χ0) is 15.2. The van der Waals surface area contributed by atoms with Crippen molar-refractivity contribution in [1.82, 2.24) is 4.90 Å². The van der Waals surface area contributed by atoms with Crippen molar-refractivity contribution in [2.45, 2.75) is 31.9 Å². The molecule has 1 aliphatic heterocycles. The van der Waals surface area contributed by atoms with Crippen LogP contribution < -0.4 is 4.74 Å². The first kappa shape index (κ1) is 15.8. The van der Waals surface area contributed by atoms with Crippen LogP contribution in [0, 0.1) is 0 Å². The maximum Gasteiger partial charge on any atom is 0.329 e. The third-order valence-corrected chi connectivity index (χ3v) is 4.07. The van der Waals surface area contributed by atoms with E-state index in [-0.39, 0.29) is 12.7 Å². The molecule has 116 valence electrons. The number of methoxy groups -OCH3 is 1. The molecule has 2 rings (SSSR count). The molecule has 0 aromatic heterocycles. The highest BCUT2D eigenvalue weighted by Gasteiger charge is 2.24. The number of benzene rings is 1. The van der Waals surface area contributed by atoms with Gasteiger partial charge in [0.25, 0.3) is 0 Å². The Morgan fingerprint density at radius 3 is 2.48 bits per heavy atom. The van der Waals surface area contributed by atoms with Crippen molar-refractivity contribution in [3.05, 3.63) is 29.8 Å². The number of carbonyl (C=O) groups is 1. The van der Waals surface area contributed by atoms with Crippen LogP contribution >= 0.6 is 0 Å². The molecule has 1 fully saturated rings. The fourth-order valence-electron chi connectivity index (χ4n) is 2.71. The summed E-state index contributed by atoms with van der Waals surface area (Å²) in [5.41, 5.74) is 1.26. The van der Waals surface area contributed by atoms with Crippen LogP contribution in [0.2, 0.25) is 0 Å². The lowest BCUT2D eigenvalue weighted by Crippen LogP contribution is -2.39. The Labute approximate surface area is 125 Å². The van der Waals surface area contributed by atoms with Gasteiger partial charge < -0.3 is 14.6 Å². The number of hydrogen-bond donors (Lipinski definition) is 1. The molecular formula is C16H23NO4. The van der Waals surface area contributed by atoms with Crippen molar-refractivity contribution < 1.29 is 19.4 Å². The van der Waals surface area contributed by atoms with Crippen LogP contribution in [0.15, 0.2) is 24.3 Å². The highest BCUT2D eigenvalue weighted by molar-refractivity contribution is 5.68. The Morgan fingerprint density at radius 2 is 1.95 bits per heavy atom. The fraction of sp³-hybridized carbons (Fsp3) is 0.562. The zero-order valence-corrected chi connectivity index (χ0v) is 12.6. The van der Waals surface area contributed by atoms with Crippen molar-refractivity contribution in [1.29, 1.82) is 0 Å². The largest absolute Gasteiger partial charge is 0.497 e. The summed E-state index contributed by atoms with van der Waals surface area (Å²) in [7, 11) is 1.67. The van der Waals surface area contributed by atoms with Gasteiger partial charge in [-0.3, -0.25) is 4.90 Å². The Hall–Kier alpha value is -1.59. The van der Waals surface area contributed by atoms with E-state index >= 15 is 0 Å². The van der Waals surface area contributed by atoms with Gasteiger partial charge in [0.15, 0.2) is 0 Å². The van der Waals surface area contributed by atoms with Crippen LogP contribution in [0.5, 0.6) is 5.75 Å². The molecule has 1 saturated heterocycles. The van der Waals surface area contributed by atoms with Gasteiger partial charge in [0.2, 0.25) is 0 Å². The van der Waals surface area contributed by atoms with Crippen molar-refractivity contribution >= 4 is 5.97 Å². The van der Waals surface area contributed by atoms with Gasteiger partial charge in [-0.15, -0.1) is 0 Å². The third kappa shape index (κ3) is 4.44. The average Bonchev–Trinajstić information content (AvgIpc) is 2.53. The zero-order valence-electron chi connectivity index (χ0n) is 12.6. The maximum absolute atomic E-state index is 10.5. The number of aliphatic carboxylic acids is 1. The van der Waals surface area contributed by atoms with E-state index in [1.165, 1.54) is 5.56 Å². The second-order valence-electron chi connectivity index (χ2n) is 5.39. The lowest BCUT2D eigenvalue weighted by Gasteiger charge is -2.36. The number of carboxylic acid groups (broad SMARTS) is 1. The minimum Gasteiger partial charge on any atom is -0.497 e. The maximum atomic E-state index is 10.5. The second kappa shape index (κ2) is 7.43. The molecule has 5 nitrogen and oxygen atoms in total. The molecule has 21 heavy (non-hydrogen) atoms. The molecule has 0 saturated carbocycles. The normalized spacial score (nSPS) is 18.4. The van der Waals surface area contributed by atoms with Crippen LogP contribution in [0.3, 0.4) is 0 Å². The fourth-order valence-corrected chi connectivity index (χ4v) is 2.71. The molecule has 0 spiro atoms. The summed E-state index contributed by atoms with van der Waals surface area (Å²) in [5, 5.41) is 8.63. The van der Waals surface area contributed by atoms with Crippen LogP contribution in [0.4, 0.5) is 0 Å². The van der Waals surface area contributed by atoms with Crippen molar-refractivity contribution in [2.24, 2.45) is 0 Å². The summed E-state index contributed by atoms with van der Waals surface area (Å²) in [5.74, 6) is -0.0317. The first-order chi connectivity index (χ1) is 10.1. The molecule has 0 bridgehead atoms. The van der Waals surface area contributed by atoms with Gasteiger partial charge in [-0.05, 0) is 37.5 Å². The Kier molecular flexibility index (Phi) is 5.59. The highest BCUT2D eigenvalue weighted by atomic mass is 16.5. The molecule has 0 aliphatic carbocycles. The van der Waals surface area contributed by atoms with E-state index in [2.05, 4.69) is 24.0 Å². The summed E-state index contributed by atoms with van der Waals surface area (Å²) in [6, 6.07) is 8.49.